The zero-order valence-electron chi connectivity index (χ0n) is 4.46. The highest BCUT2D eigenvalue weighted by molar-refractivity contribution is 7.98. The molecule has 0 radical (unpaired) electrons. The van der Waals surface area contributed by atoms with Crippen molar-refractivity contribution in [3.05, 3.63) is 0 Å². The molecular weight excluding hydrogens is 108 g/mol. The van der Waals surface area contributed by atoms with Gasteiger partial charge in [0.2, 0.25) is 0 Å². The van der Waals surface area contributed by atoms with Gasteiger partial charge in [0.05, 0.1) is 6.04 Å². The quantitative estimate of drug-likeness (QED) is 0.443. The summed E-state index contributed by atoms with van der Waals surface area (Å²) in [6.07, 6.45) is 0. The highest BCUT2D eigenvalue weighted by Gasteiger charge is 2.16. The van der Waals surface area contributed by atoms with Crippen LogP contribution in [0.25, 0.3) is 0 Å². The lowest BCUT2D eigenvalue weighted by Crippen LogP contribution is -2.06. The van der Waals surface area contributed by atoms with Crippen LogP contribution in [0.5, 0.6) is 0 Å². The summed E-state index contributed by atoms with van der Waals surface area (Å²) in [6.45, 7) is 4.21. The van der Waals surface area contributed by atoms with E-state index < -0.39 is 0 Å². The molecule has 0 saturated heterocycles. The molecule has 2 atom stereocenters. The first-order valence-electron chi connectivity index (χ1n) is 2.36. The van der Waals surface area contributed by atoms with Crippen LogP contribution >= 0.6 is 11.9 Å². The topological polar surface area (TPSA) is 24.7 Å². The Bertz CT molecular complexity index is 91.7. The summed E-state index contributed by atoms with van der Waals surface area (Å²) in [5.74, 6) is 0. The van der Waals surface area contributed by atoms with Gasteiger partial charge in [0.1, 0.15) is 0 Å². The molecule has 2 nitrogen and oxygen atoms in total. The third-order valence-electron chi connectivity index (χ3n) is 1.12. The second kappa shape index (κ2) is 1.82. The third-order valence-corrected chi connectivity index (χ3v) is 2.04. The number of nitrogens with zero attached hydrogens (tertiary/aromatic N) is 2. The van der Waals surface area contributed by atoms with Gasteiger partial charge in [-0.05, 0) is 13.8 Å². The Morgan fingerprint density at radius 3 is 2.29 bits per heavy atom. The van der Waals surface area contributed by atoms with E-state index >= 15 is 0 Å². The van der Waals surface area contributed by atoms with Crippen molar-refractivity contribution in [1.82, 2.24) is 0 Å². The Kier molecular flexibility index (Phi) is 1.32. The van der Waals surface area contributed by atoms with E-state index in [1.54, 1.807) is 11.9 Å². The summed E-state index contributed by atoms with van der Waals surface area (Å²) in [4.78, 5) is 0. The van der Waals surface area contributed by atoms with E-state index in [0.29, 0.717) is 11.3 Å². The van der Waals surface area contributed by atoms with Crippen molar-refractivity contribution in [2.24, 2.45) is 9.63 Å². The van der Waals surface area contributed by atoms with E-state index in [1.165, 1.54) is 0 Å². The normalized spacial score (nSPS) is 39.7. The number of hydrogen-bond acceptors (Lipinski definition) is 3. The molecule has 0 spiro atoms. The van der Waals surface area contributed by atoms with Gasteiger partial charge in [0, 0.05) is 17.2 Å². The van der Waals surface area contributed by atoms with E-state index in [9.17, 15) is 0 Å². The molecule has 1 aliphatic rings. The minimum atomic E-state index is 0.435. The van der Waals surface area contributed by atoms with Crippen LogP contribution in [0.15, 0.2) is 9.63 Å². The lowest BCUT2D eigenvalue weighted by Gasteiger charge is -1.98. The Hall–Kier alpha value is -0.0500. The minimum absolute atomic E-state index is 0.435. The smallest absolute Gasteiger partial charge is 0.0825 e. The molecule has 0 aromatic carbocycles. The summed E-state index contributed by atoms with van der Waals surface area (Å²) >= 11 is 1.56. The van der Waals surface area contributed by atoms with Crippen molar-refractivity contribution in [3.63, 3.8) is 0 Å². The average Bonchev–Trinajstić information content (AvgIpc) is 1.91. The van der Waals surface area contributed by atoms with Crippen molar-refractivity contribution < 1.29 is 0 Å². The van der Waals surface area contributed by atoms with Crippen LogP contribution < -0.4 is 0 Å². The van der Waals surface area contributed by atoms with Gasteiger partial charge in [-0.2, -0.15) is 5.11 Å². The average molecular weight is 116 g/mol. The first-order valence-corrected chi connectivity index (χ1v) is 3.20. The first kappa shape index (κ1) is 5.09. The first-order chi connectivity index (χ1) is 3.30. The van der Waals surface area contributed by atoms with Crippen molar-refractivity contribution >= 4 is 11.9 Å². The molecule has 1 heterocycles. The fourth-order valence-electron chi connectivity index (χ4n) is 0.358. The molecule has 0 saturated carbocycles. The Balaban J connectivity index is 2.45. The van der Waals surface area contributed by atoms with Gasteiger partial charge in [-0.25, -0.2) is 0 Å². The maximum atomic E-state index is 3.91. The molecule has 3 heteroatoms. The van der Waals surface area contributed by atoms with Crippen molar-refractivity contribution in [2.75, 3.05) is 0 Å². The summed E-state index contributed by atoms with van der Waals surface area (Å²) in [7, 11) is 0. The summed E-state index contributed by atoms with van der Waals surface area (Å²) in [5.41, 5.74) is 0. The molecule has 7 heavy (non-hydrogen) atoms. The Labute approximate surface area is 47.5 Å². The van der Waals surface area contributed by atoms with Gasteiger partial charge in [-0.3, -0.25) is 0 Å². The van der Waals surface area contributed by atoms with Gasteiger partial charge in [0.15, 0.2) is 0 Å². The molecule has 1 rings (SSSR count). The molecule has 0 N–H and O–H groups in total. The maximum absolute atomic E-state index is 3.91. The molecule has 1 aliphatic heterocycles. The highest BCUT2D eigenvalue weighted by Crippen LogP contribution is 2.24. The van der Waals surface area contributed by atoms with E-state index in [2.05, 4.69) is 23.5 Å². The van der Waals surface area contributed by atoms with Gasteiger partial charge < -0.3 is 0 Å². The van der Waals surface area contributed by atoms with Crippen LogP contribution in [0.2, 0.25) is 0 Å². The fourth-order valence-corrected chi connectivity index (χ4v) is 0.940. The predicted molar refractivity (Wildman–Crippen MR) is 31.4 cm³/mol. The second-order valence-corrected chi connectivity index (χ2v) is 2.87. The van der Waals surface area contributed by atoms with Crippen LogP contribution in [0.1, 0.15) is 13.8 Å². The largest absolute Gasteiger partial charge is 0.178 e. The number of hydrogen-bond donors (Lipinski definition) is 0. The van der Waals surface area contributed by atoms with Crippen LogP contribution in [-0.4, -0.2) is 11.3 Å². The number of rotatable bonds is 0. The monoisotopic (exact) mass is 116 g/mol. The molecule has 0 aliphatic carbocycles. The van der Waals surface area contributed by atoms with Crippen LogP contribution in [-0.2, 0) is 0 Å². The van der Waals surface area contributed by atoms with E-state index in [0.717, 1.165) is 0 Å². The molecule has 0 amide bonds. The maximum Gasteiger partial charge on any atom is 0.0825 e. The Morgan fingerprint density at radius 1 is 1.43 bits per heavy atom. The molecular formula is C4H8N2S. The molecule has 0 fully saturated rings. The standard InChI is InChI=1S/C4H8N2S/c1-3-4(2)7-6-5-3/h3-4H,1-2H3. The van der Waals surface area contributed by atoms with Crippen molar-refractivity contribution in [1.29, 1.82) is 0 Å². The lowest BCUT2D eigenvalue weighted by atomic mass is 10.3. The highest BCUT2D eigenvalue weighted by atomic mass is 32.2. The van der Waals surface area contributed by atoms with E-state index in [4.69, 9.17) is 0 Å². The van der Waals surface area contributed by atoms with Crippen LogP contribution in [0, 0.1) is 0 Å². The fraction of sp³-hybridized carbons (Fsp3) is 1.00. The lowest BCUT2D eigenvalue weighted by molar-refractivity contribution is 0.731. The van der Waals surface area contributed by atoms with Gasteiger partial charge in [-0.15, -0.1) is 4.52 Å². The zero-order chi connectivity index (χ0) is 5.28. The zero-order valence-corrected chi connectivity index (χ0v) is 5.27. The molecule has 0 aromatic heterocycles. The van der Waals surface area contributed by atoms with E-state index in [-0.39, 0.29) is 0 Å². The summed E-state index contributed by atoms with van der Waals surface area (Å²) in [5, 5.41) is 4.50. The molecule has 40 valence electrons. The van der Waals surface area contributed by atoms with Crippen molar-refractivity contribution in [3.8, 4) is 0 Å². The van der Waals surface area contributed by atoms with E-state index in [1.807, 2.05) is 0 Å². The molecule has 2 unspecified atom stereocenters. The second-order valence-electron chi connectivity index (χ2n) is 1.75. The summed E-state index contributed by atoms with van der Waals surface area (Å²) < 4.78 is 3.79. The third kappa shape index (κ3) is 0.938. The summed E-state index contributed by atoms with van der Waals surface area (Å²) in [6, 6.07) is 0.435. The SMILES string of the molecule is CC1N=NSC1C. The molecule has 0 aromatic rings. The Morgan fingerprint density at radius 2 is 2.14 bits per heavy atom. The predicted octanol–water partition coefficient (Wildman–Crippen LogP) is 1.88. The van der Waals surface area contributed by atoms with Crippen molar-refractivity contribution in [2.45, 2.75) is 25.1 Å². The van der Waals surface area contributed by atoms with Crippen LogP contribution in [0.3, 0.4) is 0 Å². The van der Waals surface area contributed by atoms with Crippen LogP contribution in [0.4, 0.5) is 0 Å². The van der Waals surface area contributed by atoms with Gasteiger partial charge in [0.25, 0.3) is 0 Å². The van der Waals surface area contributed by atoms with Gasteiger partial charge >= 0.3 is 0 Å². The molecule has 0 bridgehead atoms. The minimum Gasteiger partial charge on any atom is -0.178 e. The van der Waals surface area contributed by atoms with Gasteiger partial charge in [-0.1, -0.05) is 0 Å².